The van der Waals surface area contributed by atoms with Gasteiger partial charge in [-0.25, -0.2) is 4.79 Å². The van der Waals surface area contributed by atoms with Gasteiger partial charge in [-0.2, -0.15) is 0 Å². The van der Waals surface area contributed by atoms with Gasteiger partial charge in [-0.15, -0.1) is 0 Å². The van der Waals surface area contributed by atoms with Gasteiger partial charge in [-0.05, 0) is 64.7 Å². The van der Waals surface area contributed by atoms with Gasteiger partial charge in [0, 0.05) is 24.8 Å². The van der Waals surface area contributed by atoms with E-state index in [1.54, 1.807) is 11.1 Å². The van der Waals surface area contributed by atoms with Crippen LogP contribution in [0.25, 0.3) is 0 Å². The smallest absolute Gasteiger partial charge is 0.410 e. The minimum atomic E-state index is -0.485. The fourth-order valence-electron chi connectivity index (χ4n) is 4.21. The molecule has 32 heavy (non-hydrogen) atoms. The molecule has 0 aliphatic carbocycles. The van der Waals surface area contributed by atoms with Crippen molar-refractivity contribution in [3.8, 4) is 11.5 Å². The molecule has 1 amide bonds. The van der Waals surface area contributed by atoms with E-state index < -0.39 is 5.60 Å². The van der Waals surface area contributed by atoms with Gasteiger partial charge in [0.15, 0.2) is 11.5 Å². The number of nitrogens with zero attached hydrogens (tertiary/aromatic N) is 2. The summed E-state index contributed by atoms with van der Waals surface area (Å²) in [5, 5.41) is 0.608. The third-order valence-electron chi connectivity index (χ3n) is 6.02. The van der Waals surface area contributed by atoms with Gasteiger partial charge in [0.1, 0.15) is 18.8 Å². The van der Waals surface area contributed by atoms with Gasteiger partial charge in [0.05, 0.1) is 16.1 Å². The van der Waals surface area contributed by atoms with E-state index in [2.05, 4.69) is 18.0 Å². The number of halogens is 1. The highest BCUT2D eigenvalue weighted by molar-refractivity contribution is 6.30. The molecule has 0 spiro atoms. The number of piperidine rings is 1. The van der Waals surface area contributed by atoms with Crippen molar-refractivity contribution >= 4 is 17.7 Å². The van der Waals surface area contributed by atoms with Crippen LogP contribution in [0.1, 0.15) is 57.7 Å². The van der Waals surface area contributed by atoms with Crippen LogP contribution in [0.15, 0.2) is 36.5 Å². The average Bonchev–Trinajstić information content (AvgIpc) is 2.93. The second-order valence-corrected chi connectivity index (χ2v) is 10.4. The summed E-state index contributed by atoms with van der Waals surface area (Å²) in [5.41, 5.74) is 1.16. The number of para-hydroxylation sites is 1. The van der Waals surface area contributed by atoms with Crippen LogP contribution in [0.3, 0.4) is 0 Å². The first-order valence-corrected chi connectivity index (χ1v) is 11.5. The standard InChI is InChI=1S/C25H31ClN2O4/c1-24(2,3)32-23(29)28-12-10-17(11-13-28)19-6-5-7-20-22(19)31-16-25(4,15-30-20)21-9-8-18(26)14-27-21/h5-9,14,17H,10-13,15-16H2,1-4H3. The molecule has 1 fully saturated rings. The Bertz CT molecular complexity index is 965. The van der Waals surface area contributed by atoms with Crippen molar-refractivity contribution in [2.45, 2.75) is 57.5 Å². The van der Waals surface area contributed by atoms with Gasteiger partial charge in [0.2, 0.25) is 0 Å². The Morgan fingerprint density at radius 2 is 1.88 bits per heavy atom. The van der Waals surface area contributed by atoms with E-state index in [9.17, 15) is 4.79 Å². The predicted molar refractivity (Wildman–Crippen MR) is 124 cm³/mol. The summed E-state index contributed by atoms with van der Waals surface area (Å²) in [6, 6.07) is 9.85. The number of amides is 1. The van der Waals surface area contributed by atoms with E-state index in [0.29, 0.717) is 37.2 Å². The maximum Gasteiger partial charge on any atom is 0.410 e. The van der Waals surface area contributed by atoms with Gasteiger partial charge >= 0.3 is 6.09 Å². The Kier molecular flexibility index (Phi) is 6.26. The quantitative estimate of drug-likeness (QED) is 0.588. The molecular weight excluding hydrogens is 428 g/mol. The largest absolute Gasteiger partial charge is 0.489 e. The normalized spacial score (nSPS) is 21.7. The van der Waals surface area contributed by atoms with E-state index in [-0.39, 0.29) is 11.5 Å². The molecule has 1 unspecified atom stereocenters. The van der Waals surface area contributed by atoms with Crippen molar-refractivity contribution in [3.05, 3.63) is 52.8 Å². The zero-order chi connectivity index (χ0) is 22.9. The fraction of sp³-hybridized carbons (Fsp3) is 0.520. The van der Waals surface area contributed by atoms with Crippen LogP contribution >= 0.6 is 11.6 Å². The average molecular weight is 459 g/mol. The molecule has 7 heteroatoms. The van der Waals surface area contributed by atoms with Gasteiger partial charge in [-0.1, -0.05) is 23.7 Å². The van der Waals surface area contributed by atoms with Crippen LogP contribution < -0.4 is 9.47 Å². The van der Waals surface area contributed by atoms with Gasteiger partial charge in [-0.3, -0.25) is 4.98 Å². The maximum atomic E-state index is 12.4. The van der Waals surface area contributed by atoms with Crippen molar-refractivity contribution < 1.29 is 19.0 Å². The summed E-state index contributed by atoms with van der Waals surface area (Å²) in [4.78, 5) is 18.7. The number of ether oxygens (including phenoxy) is 3. The lowest BCUT2D eigenvalue weighted by Crippen LogP contribution is -2.41. The number of benzene rings is 1. The third-order valence-corrected chi connectivity index (χ3v) is 6.25. The Hall–Kier alpha value is -2.47. The number of aromatic nitrogens is 1. The van der Waals surface area contributed by atoms with E-state index in [1.807, 2.05) is 45.0 Å². The molecule has 0 bridgehead atoms. The molecule has 1 saturated heterocycles. The molecule has 0 N–H and O–H groups in total. The Morgan fingerprint density at radius 3 is 2.53 bits per heavy atom. The topological polar surface area (TPSA) is 60.9 Å². The molecule has 1 atom stereocenters. The van der Waals surface area contributed by atoms with Crippen molar-refractivity contribution in [2.24, 2.45) is 0 Å². The molecule has 3 heterocycles. The van der Waals surface area contributed by atoms with Crippen LogP contribution in [-0.2, 0) is 10.2 Å². The van der Waals surface area contributed by atoms with Crippen LogP contribution in [0.5, 0.6) is 11.5 Å². The number of carbonyl (C=O) groups is 1. The van der Waals surface area contributed by atoms with Crippen molar-refractivity contribution in [1.82, 2.24) is 9.88 Å². The number of rotatable bonds is 2. The molecule has 172 valence electrons. The molecule has 1 aromatic carbocycles. The first kappa shape index (κ1) is 22.7. The fourth-order valence-corrected chi connectivity index (χ4v) is 4.32. The molecule has 0 radical (unpaired) electrons. The molecule has 4 rings (SSSR count). The molecular formula is C25H31ClN2O4. The molecule has 2 aliphatic rings. The van der Waals surface area contributed by atoms with Crippen molar-refractivity contribution in [3.63, 3.8) is 0 Å². The monoisotopic (exact) mass is 458 g/mol. The Balaban J connectivity index is 1.47. The highest BCUT2D eigenvalue weighted by Gasteiger charge is 2.36. The van der Waals surface area contributed by atoms with Crippen molar-refractivity contribution in [1.29, 1.82) is 0 Å². The minimum absolute atomic E-state index is 0.242. The molecule has 2 aliphatic heterocycles. The van der Waals surface area contributed by atoms with Crippen LogP contribution in [0.4, 0.5) is 4.79 Å². The van der Waals surface area contributed by atoms with Gasteiger partial charge in [0.25, 0.3) is 0 Å². The zero-order valence-electron chi connectivity index (χ0n) is 19.2. The van der Waals surface area contributed by atoms with E-state index in [0.717, 1.165) is 35.6 Å². The first-order valence-electron chi connectivity index (χ1n) is 11.1. The highest BCUT2D eigenvalue weighted by Crippen LogP contribution is 2.43. The third kappa shape index (κ3) is 4.96. The van der Waals surface area contributed by atoms with Crippen LogP contribution in [-0.4, -0.2) is 47.9 Å². The highest BCUT2D eigenvalue weighted by atomic mass is 35.5. The number of carbonyl (C=O) groups excluding carboxylic acids is 1. The first-order chi connectivity index (χ1) is 15.1. The SMILES string of the molecule is CC(C)(C)OC(=O)N1CCC(c2cccc3c2OCC(C)(c2ccc(Cl)cn2)CO3)CC1. The Morgan fingerprint density at radius 1 is 1.16 bits per heavy atom. The number of fused-ring (bicyclic) bond motifs is 1. The predicted octanol–water partition coefficient (Wildman–Crippen LogP) is 5.58. The molecule has 1 aromatic heterocycles. The second-order valence-electron chi connectivity index (χ2n) is 9.92. The summed E-state index contributed by atoms with van der Waals surface area (Å²) in [7, 11) is 0. The zero-order valence-corrected chi connectivity index (χ0v) is 19.9. The van der Waals surface area contributed by atoms with Crippen molar-refractivity contribution in [2.75, 3.05) is 26.3 Å². The van der Waals surface area contributed by atoms with Crippen LogP contribution in [0.2, 0.25) is 5.02 Å². The summed E-state index contributed by atoms with van der Waals surface area (Å²) < 4.78 is 18.1. The lowest BCUT2D eigenvalue weighted by Gasteiger charge is -2.34. The summed E-state index contributed by atoms with van der Waals surface area (Å²) in [5.74, 6) is 1.86. The number of likely N-dealkylation sites (tertiary alicyclic amines) is 1. The minimum Gasteiger partial charge on any atom is -0.489 e. The molecule has 2 aromatic rings. The Labute approximate surface area is 194 Å². The maximum absolute atomic E-state index is 12.4. The van der Waals surface area contributed by atoms with E-state index in [4.69, 9.17) is 25.8 Å². The summed E-state index contributed by atoms with van der Waals surface area (Å²) in [6.45, 7) is 10.0. The van der Waals surface area contributed by atoms with Gasteiger partial charge < -0.3 is 19.1 Å². The molecule has 6 nitrogen and oxygen atoms in total. The summed E-state index contributed by atoms with van der Waals surface area (Å²) in [6.07, 6.45) is 3.13. The summed E-state index contributed by atoms with van der Waals surface area (Å²) >= 11 is 6.01. The number of hydrogen-bond acceptors (Lipinski definition) is 5. The van der Waals surface area contributed by atoms with Crippen LogP contribution in [0, 0.1) is 0 Å². The lowest BCUT2D eigenvalue weighted by atomic mass is 9.88. The second kappa shape index (κ2) is 8.81. The number of hydrogen-bond donors (Lipinski definition) is 0. The lowest BCUT2D eigenvalue weighted by molar-refractivity contribution is 0.0204. The molecule has 0 saturated carbocycles. The number of pyridine rings is 1. The van der Waals surface area contributed by atoms with E-state index in [1.165, 1.54) is 0 Å². The van der Waals surface area contributed by atoms with E-state index >= 15 is 0 Å².